The van der Waals surface area contributed by atoms with Crippen LogP contribution in [0.3, 0.4) is 0 Å². The molecule has 0 radical (unpaired) electrons. The van der Waals surface area contributed by atoms with E-state index in [-0.39, 0.29) is 12.5 Å². The van der Waals surface area contributed by atoms with Gasteiger partial charge in [-0.05, 0) is 20.3 Å². The molecule has 0 aliphatic carbocycles. The normalized spacial score (nSPS) is 19.4. The van der Waals surface area contributed by atoms with E-state index in [2.05, 4.69) is 0 Å². The highest BCUT2D eigenvalue weighted by Crippen LogP contribution is 2.27. The molecule has 0 bridgehead atoms. The molecule has 1 aliphatic rings. The number of unbranched alkanes of at least 4 members (excludes halogenated alkanes) is 1. The lowest BCUT2D eigenvalue weighted by atomic mass is 10.00. The van der Waals surface area contributed by atoms with Gasteiger partial charge in [-0.25, -0.2) is 10.3 Å². The van der Waals surface area contributed by atoms with Crippen LogP contribution >= 0.6 is 0 Å². The van der Waals surface area contributed by atoms with Crippen molar-refractivity contribution in [1.82, 2.24) is 15.3 Å². The highest BCUT2D eigenvalue weighted by Gasteiger charge is 2.49. The van der Waals surface area contributed by atoms with Crippen LogP contribution in [0, 0.1) is 5.92 Å². The first-order chi connectivity index (χ1) is 9.27. The molecule has 0 aromatic rings. The zero-order valence-electron chi connectivity index (χ0n) is 12.5. The summed E-state index contributed by atoms with van der Waals surface area (Å²) in [4.78, 5) is 38.4. The number of nitrogens with one attached hydrogen (secondary N) is 1. The average Bonchev–Trinajstić information content (AvgIpc) is 2.56. The molecule has 0 aromatic carbocycles. The molecule has 114 valence electrons. The molecule has 1 rings (SSSR count). The second-order valence-corrected chi connectivity index (χ2v) is 5.63. The van der Waals surface area contributed by atoms with Gasteiger partial charge in [0.15, 0.2) is 0 Å². The van der Waals surface area contributed by atoms with Gasteiger partial charge in [-0.2, -0.15) is 0 Å². The summed E-state index contributed by atoms with van der Waals surface area (Å²) in [5.41, 5.74) is 0.707. The molecule has 1 saturated heterocycles. The van der Waals surface area contributed by atoms with Gasteiger partial charge in [-0.3, -0.25) is 19.7 Å². The van der Waals surface area contributed by atoms with Crippen LogP contribution in [0.2, 0.25) is 0 Å². The number of urea groups is 1. The second kappa shape index (κ2) is 6.21. The van der Waals surface area contributed by atoms with E-state index in [4.69, 9.17) is 5.21 Å². The highest BCUT2D eigenvalue weighted by atomic mass is 16.5. The van der Waals surface area contributed by atoms with Gasteiger partial charge in [-0.1, -0.05) is 19.8 Å². The Morgan fingerprint density at radius 2 is 2.00 bits per heavy atom. The monoisotopic (exact) mass is 285 g/mol. The number of rotatable bonds is 6. The molecule has 2 N–H and O–H groups in total. The molecule has 20 heavy (non-hydrogen) atoms. The maximum absolute atomic E-state index is 12.2. The maximum Gasteiger partial charge on any atom is 0.327 e. The number of imide groups is 1. The third kappa shape index (κ3) is 2.92. The van der Waals surface area contributed by atoms with E-state index < -0.39 is 23.4 Å². The summed E-state index contributed by atoms with van der Waals surface area (Å²) in [6, 6.07) is -0.410. The van der Waals surface area contributed by atoms with Gasteiger partial charge >= 0.3 is 6.03 Å². The fraction of sp³-hybridized carbons (Fsp3) is 0.769. The van der Waals surface area contributed by atoms with Crippen LogP contribution in [0.15, 0.2) is 0 Å². The number of hydrogen-bond acceptors (Lipinski definition) is 4. The minimum atomic E-state index is -0.901. The lowest BCUT2D eigenvalue weighted by Crippen LogP contribution is -2.43. The molecule has 7 nitrogen and oxygen atoms in total. The van der Waals surface area contributed by atoms with Gasteiger partial charge < -0.3 is 4.90 Å². The smallest absolute Gasteiger partial charge is 0.313 e. The number of hydroxylamine groups is 1. The van der Waals surface area contributed by atoms with Crippen molar-refractivity contribution in [2.75, 3.05) is 13.6 Å². The molecular formula is C13H23N3O4. The molecular weight excluding hydrogens is 262 g/mol. The Hall–Kier alpha value is -1.63. The van der Waals surface area contributed by atoms with Crippen LogP contribution in [0.5, 0.6) is 0 Å². The summed E-state index contributed by atoms with van der Waals surface area (Å²) < 4.78 is 0. The Morgan fingerprint density at radius 3 is 2.40 bits per heavy atom. The van der Waals surface area contributed by atoms with Crippen molar-refractivity contribution in [2.24, 2.45) is 5.92 Å². The van der Waals surface area contributed by atoms with Gasteiger partial charge in [-0.15, -0.1) is 0 Å². The number of likely N-dealkylation sites (N-methyl/N-ethyl adjacent to an activating group) is 1. The highest BCUT2D eigenvalue weighted by molar-refractivity contribution is 6.06. The minimum absolute atomic E-state index is 0.00215. The van der Waals surface area contributed by atoms with Crippen LogP contribution in [-0.2, 0) is 9.59 Å². The fourth-order valence-corrected chi connectivity index (χ4v) is 2.21. The zero-order valence-corrected chi connectivity index (χ0v) is 12.5. The van der Waals surface area contributed by atoms with Crippen LogP contribution in [0.4, 0.5) is 4.79 Å². The van der Waals surface area contributed by atoms with Crippen LogP contribution in [-0.4, -0.2) is 52.0 Å². The van der Waals surface area contributed by atoms with E-state index in [0.717, 1.165) is 17.7 Å². The first-order valence-electron chi connectivity index (χ1n) is 6.81. The predicted molar refractivity (Wildman–Crippen MR) is 71.9 cm³/mol. The fourth-order valence-electron chi connectivity index (χ4n) is 2.21. The summed E-state index contributed by atoms with van der Waals surface area (Å²) in [6.07, 6.45) is 2.19. The predicted octanol–water partition coefficient (Wildman–Crippen LogP) is 0.971. The van der Waals surface area contributed by atoms with Gasteiger partial charge in [0.25, 0.3) is 5.91 Å². The summed E-state index contributed by atoms with van der Waals surface area (Å²) in [6.45, 7) is 5.32. The van der Waals surface area contributed by atoms with Crippen molar-refractivity contribution in [3.63, 3.8) is 0 Å². The Bertz CT molecular complexity index is 408. The van der Waals surface area contributed by atoms with Gasteiger partial charge in [0.2, 0.25) is 5.91 Å². The number of carbonyl (C=O) groups excluding carboxylic acids is 3. The number of nitrogens with zero attached hydrogens (tertiary/aromatic N) is 2. The largest absolute Gasteiger partial charge is 0.327 e. The van der Waals surface area contributed by atoms with Crippen LogP contribution in [0.25, 0.3) is 0 Å². The molecule has 1 unspecified atom stereocenters. The topological polar surface area (TPSA) is 90.0 Å². The summed E-state index contributed by atoms with van der Waals surface area (Å²) in [5, 5.41) is 8.77. The SMILES string of the molecule is CCCCC(CN1C(=O)N(C)C(C)(C)C1=O)C(=O)NO. The lowest BCUT2D eigenvalue weighted by Gasteiger charge is -2.22. The number of carbonyl (C=O) groups is 3. The average molecular weight is 285 g/mol. The van der Waals surface area contributed by atoms with Gasteiger partial charge in [0.05, 0.1) is 5.92 Å². The zero-order chi connectivity index (χ0) is 15.5. The first-order valence-corrected chi connectivity index (χ1v) is 6.81. The molecule has 7 heteroatoms. The van der Waals surface area contributed by atoms with E-state index in [9.17, 15) is 14.4 Å². The Morgan fingerprint density at radius 1 is 1.40 bits per heavy atom. The Balaban J connectivity index is 2.86. The van der Waals surface area contributed by atoms with Crippen molar-refractivity contribution >= 4 is 17.8 Å². The molecule has 1 fully saturated rings. The van der Waals surface area contributed by atoms with E-state index in [1.54, 1.807) is 26.4 Å². The molecule has 1 atom stereocenters. The lowest BCUT2D eigenvalue weighted by molar-refractivity contribution is -0.136. The van der Waals surface area contributed by atoms with Gasteiger partial charge in [0, 0.05) is 13.6 Å². The van der Waals surface area contributed by atoms with E-state index >= 15 is 0 Å². The van der Waals surface area contributed by atoms with Crippen molar-refractivity contribution < 1.29 is 19.6 Å². The molecule has 1 aliphatic heterocycles. The molecule has 1 heterocycles. The first kappa shape index (κ1) is 16.4. The van der Waals surface area contributed by atoms with Crippen molar-refractivity contribution in [1.29, 1.82) is 0 Å². The van der Waals surface area contributed by atoms with Crippen molar-refractivity contribution in [3.8, 4) is 0 Å². The molecule has 0 saturated carbocycles. The maximum atomic E-state index is 12.2. The van der Waals surface area contributed by atoms with E-state index in [1.807, 2.05) is 6.92 Å². The third-order valence-corrected chi connectivity index (χ3v) is 3.91. The Kier molecular flexibility index (Phi) is 5.10. The van der Waals surface area contributed by atoms with E-state index in [0.29, 0.717) is 6.42 Å². The molecule has 0 spiro atoms. The van der Waals surface area contributed by atoms with Crippen LogP contribution < -0.4 is 5.48 Å². The Labute approximate surface area is 118 Å². The number of hydrogen-bond donors (Lipinski definition) is 2. The summed E-state index contributed by atoms with van der Waals surface area (Å²) in [7, 11) is 1.56. The van der Waals surface area contributed by atoms with Crippen molar-refractivity contribution in [3.05, 3.63) is 0 Å². The van der Waals surface area contributed by atoms with Crippen molar-refractivity contribution in [2.45, 2.75) is 45.6 Å². The standard InChI is InChI=1S/C13H23N3O4/c1-5-6-7-9(10(17)14-20)8-16-11(18)13(2,3)15(4)12(16)19/h9,20H,5-8H2,1-4H3,(H,14,17). The molecule has 4 amide bonds. The summed E-state index contributed by atoms with van der Waals surface area (Å²) in [5.74, 6) is -1.47. The summed E-state index contributed by atoms with van der Waals surface area (Å²) >= 11 is 0. The number of amides is 4. The molecule has 0 aromatic heterocycles. The quantitative estimate of drug-likeness (QED) is 0.432. The van der Waals surface area contributed by atoms with Crippen LogP contribution in [0.1, 0.15) is 40.0 Å². The van der Waals surface area contributed by atoms with E-state index in [1.165, 1.54) is 4.90 Å². The second-order valence-electron chi connectivity index (χ2n) is 5.63. The third-order valence-electron chi connectivity index (χ3n) is 3.91. The minimum Gasteiger partial charge on any atom is -0.313 e. The van der Waals surface area contributed by atoms with Gasteiger partial charge in [0.1, 0.15) is 5.54 Å².